The summed E-state index contributed by atoms with van der Waals surface area (Å²) in [5.41, 5.74) is 0. The number of hydrogen-bond acceptors (Lipinski definition) is 5. The maximum Gasteiger partial charge on any atom is 0.305 e. The molecular formula is C9H16O3S2. The number of methoxy groups -OCH3 is 1. The van der Waals surface area contributed by atoms with E-state index >= 15 is 0 Å². The van der Waals surface area contributed by atoms with Gasteiger partial charge in [-0.05, 0) is 12.8 Å². The fourth-order valence-corrected chi connectivity index (χ4v) is 4.42. The monoisotopic (exact) mass is 236 g/mol. The van der Waals surface area contributed by atoms with E-state index in [4.69, 9.17) is 0 Å². The second-order valence-electron chi connectivity index (χ2n) is 3.20. The fourth-order valence-electron chi connectivity index (χ4n) is 1.42. The van der Waals surface area contributed by atoms with E-state index in [2.05, 4.69) is 4.74 Å². The lowest BCUT2D eigenvalue weighted by Crippen LogP contribution is -2.22. The van der Waals surface area contributed by atoms with Gasteiger partial charge in [0.05, 0.1) is 17.8 Å². The Kier molecular flexibility index (Phi) is 5.12. The predicted molar refractivity (Wildman–Crippen MR) is 60.6 cm³/mol. The van der Waals surface area contributed by atoms with E-state index in [1.165, 1.54) is 7.11 Å². The zero-order chi connectivity index (χ0) is 10.4. The molecule has 0 atom stereocenters. The summed E-state index contributed by atoms with van der Waals surface area (Å²) in [6, 6.07) is 0. The SMILES string of the molecule is COC(=O)CCCC1(CO)SCCS1. The molecule has 0 amide bonds. The number of ether oxygens (including phenoxy) is 1. The highest BCUT2D eigenvalue weighted by atomic mass is 32.2. The smallest absolute Gasteiger partial charge is 0.305 e. The molecule has 1 aliphatic rings. The Bertz CT molecular complexity index is 190. The Balaban J connectivity index is 2.24. The molecule has 0 saturated carbocycles. The van der Waals surface area contributed by atoms with Gasteiger partial charge in [-0.25, -0.2) is 0 Å². The van der Waals surface area contributed by atoms with Crippen LogP contribution in [-0.2, 0) is 9.53 Å². The van der Waals surface area contributed by atoms with Gasteiger partial charge in [-0.1, -0.05) is 0 Å². The van der Waals surface area contributed by atoms with Gasteiger partial charge < -0.3 is 9.84 Å². The molecule has 1 heterocycles. The second-order valence-corrected chi connectivity index (χ2v) is 6.41. The topological polar surface area (TPSA) is 46.5 Å². The maximum atomic E-state index is 10.9. The van der Waals surface area contributed by atoms with Gasteiger partial charge in [0.2, 0.25) is 0 Å². The van der Waals surface area contributed by atoms with Crippen molar-refractivity contribution in [1.29, 1.82) is 0 Å². The molecule has 3 nitrogen and oxygen atoms in total. The van der Waals surface area contributed by atoms with Crippen LogP contribution in [0.15, 0.2) is 0 Å². The lowest BCUT2D eigenvalue weighted by Gasteiger charge is -2.24. The largest absolute Gasteiger partial charge is 0.469 e. The highest BCUT2D eigenvalue weighted by molar-refractivity contribution is 8.21. The third kappa shape index (κ3) is 3.37. The van der Waals surface area contributed by atoms with E-state index in [1.54, 1.807) is 0 Å². The zero-order valence-electron chi connectivity index (χ0n) is 8.32. The van der Waals surface area contributed by atoms with Crippen LogP contribution in [0, 0.1) is 0 Å². The van der Waals surface area contributed by atoms with Gasteiger partial charge in [-0.3, -0.25) is 4.79 Å². The number of thioether (sulfide) groups is 2. The third-order valence-electron chi connectivity index (χ3n) is 2.22. The molecule has 1 saturated heterocycles. The summed E-state index contributed by atoms with van der Waals surface area (Å²) >= 11 is 3.62. The molecule has 1 fully saturated rings. The van der Waals surface area contributed by atoms with E-state index in [1.807, 2.05) is 23.5 Å². The van der Waals surface area contributed by atoms with Crippen molar-refractivity contribution in [3.63, 3.8) is 0 Å². The van der Waals surface area contributed by atoms with Crippen LogP contribution in [0.25, 0.3) is 0 Å². The molecule has 14 heavy (non-hydrogen) atoms. The molecule has 1 aliphatic heterocycles. The van der Waals surface area contributed by atoms with Crippen molar-refractivity contribution in [3.8, 4) is 0 Å². The minimum atomic E-state index is -0.161. The Labute approximate surface area is 93.0 Å². The van der Waals surface area contributed by atoms with Crippen molar-refractivity contribution in [1.82, 2.24) is 0 Å². The van der Waals surface area contributed by atoms with Gasteiger partial charge in [-0.2, -0.15) is 0 Å². The molecule has 1 rings (SSSR count). The van der Waals surface area contributed by atoms with Crippen LogP contribution in [0.2, 0.25) is 0 Å². The third-order valence-corrected chi connectivity index (χ3v) is 5.72. The van der Waals surface area contributed by atoms with Crippen LogP contribution < -0.4 is 0 Å². The predicted octanol–water partition coefficient (Wildman–Crippen LogP) is 1.50. The van der Waals surface area contributed by atoms with Gasteiger partial charge in [0.1, 0.15) is 0 Å². The van der Waals surface area contributed by atoms with E-state index in [-0.39, 0.29) is 16.7 Å². The number of carbonyl (C=O) groups excluding carboxylic acids is 1. The van der Waals surface area contributed by atoms with E-state index in [0.717, 1.165) is 24.3 Å². The minimum Gasteiger partial charge on any atom is -0.469 e. The second kappa shape index (κ2) is 5.88. The quantitative estimate of drug-likeness (QED) is 0.733. The molecule has 82 valence electrons. The normalized spacial score (nSPS) is 19.6. The first-order chi connectivity index (χ1) is 6.72. The van der Waals surface area contributed by atoms with Crippen LogP contribution in [-0.4, -0.2) is 40.4 Å². The van der Waals surface area contributed by atoms with E-state index < -0.39 is 0 Å². The molecule has 0 aromatic rings. The Morgan fingerprint density at radius 1 is 1.50 bits per heavy atom. The number of hydrogen-bond donors (Lipinski definition) is 1. The van der Waals surface area contributed by atoms with Crippen LogP contribution in [0.5, 0.6) is 0 Å². The Morgan fingerprint density at radius 2 is 2.14 bits per heavy atom. The highest BCUT2D eigenvalue weighted by Gasteiger charge is 2.34. The van der Waals surface area contributed by atoms with Crippen LogP contribution in [0.1, 0.15) is 19.3 Å². The fraction of sp³-hybridized carbons (Fsp3) is 0.889. The number of rotatable bonds is 5. The lowest BCUT2D eigenvalue weighted by molar-refractivity contribution is -0.140. The van der Waals surface area contributed by atoms with Crippen molar-refractivity contribution in [3.05, 3.63) is 0 Å². The van der Waals surface area contributed by atoms with Crippen LogP contribution in [0.4, 0.5) is 0 Å². The molecule has 0 bridgehead atoms. The first kappa shape index (κ1) is 12.2. The number of carbonyl (C=O) groups is 1. The van der Waals surface area contributed by atoms with Crippen molar-refractivity contribution in [2.75, 3.05) is 25.2 Å². The maximum absolute atomic E-state index is 10.9. The van der Waals surface area contributed by atoms with Crippen LogP contribution >= 0.6 is 23.5 Å². The molecule has 5 heteroatoms. The van der Waals surface area contributed by atoms with Crippen LogP contribution in [0.3, 0.4) is 0 Å². The standard InChI is InChI=1S/C9H16O3S2/c1-12-8(11)3-2-4-9(7-10)13-5-6-14-9/h10H,2-7H2,1H3. The first-order valence-electron chi connectivity index (χ1n) is 4.68. The van der Waals surface area contributed by atoms with E-state index in [9.17, 15) is 9.90 Å². The molecule has 0 spiro atoms. The summed E-state index contributed by atoms with van der Waals surface area (Å²) in [5.74, 6) is 2.04. The van der Waals surface area contributed by atoms with Gasteiger partial charge in [0.25, 0.3) is 0 Å². The Hall–Kier alpha value is 0.130. The van der Waals surface area contributed by atoms with Crippen molar-refractivity contribution in [2.24, 2.45) is 0 Å². The number of aliphatic hydroxyl groups excluding tert-OH is 1. The number of aliphatic hydroxyl groups is 1. The van der Waals surface area contributed by atoms with Gasteiger partial charge in [0, 0.05) is 17.9 Å². The summed E-state index contributed by atoms with van der Waals surface area (Å²) in [4.78, 5) is 10.9. The van der Waals surface area contributed by atoms with Gasteiger partial charge in [0.15, 0.2) is 0 Å². The summed E-state index contributed by atoms with van der Waals surface area (Å²) in [6.45, 7) is 0.198. The zero-order valence-corrected chi connectivity index (χ0v) is 9.96. The molecule has 0 aromatic carbocycles. The molecule has 0 aromatic heterocycles. The van der Waals surface area contributed by atoms with Gasteiger partial charge in [-0.15, -0.1) is 23.5 Å². The average Bonchev–Trinajstić information content (AvgIpc) is 2.67. The summed E-state index contributed by atoms with van der Waals surface area (Å²) in [5, 5.41) is 9.28. The molecule has 0 unspecified atom stereocenters. The summed E-state index contributed by atoms with van der Waals surface area (Å²) in [7, 11) is 1.41. The molecule has 0 aliphatic carbocycles. The van der Waals surface area contributed by atoms with E-state index in [0.29, 0.717) is 6.42 Å². The molecule has 0 radical (unpaired) electrons. The minimum absolute atomic E-state index is 0.0476. The highest BCUT2D eigenvalue weighted by Crippen LogP contribution is 2.46. The van der Waals surface area contributed by atoms with Gasteiger partial charge >= 0.3 is 5.97 Å². The van der Waals surface area contributed by atoms with Crippen molar-refractivity contribution >= 4 is 29.5 Å². The van der Waals surface area contributed by atoms with Crippen molar-refractivity contribution in [2.45, 2.75) is 23.3 Å². The number of esters is 1. The average molecular weight is 236 g/mol. The Morgan fingerprint density at radius 3 is 2.64 bits per heavy atom. The van der Waals surface area contributed by atoms with Crippen molar-refractivity contribution < 1.29 is 14.6 Å². The summed E-state index contributed by atoms with van der Waals surface area (Å²) in [6.07, 6.45) is 2.14. The first-order valence-corrected chi connectivity index (χ1v) is 6.65. The summed E-state index contributed by atoms with van der Waals surface area (Å²) < 4.78 is 4.52. The molecular weight excluding hydrogens is 220 g/mol. The molecule has 1 N–H and O–H groups in total. The lowest BCUT2D eigenvalue weighted by atomic mass is 10.2.